The van der Waals surface area contributed by atoms with E-state index in [1.807, 2.05) is 32.0 Å². The van der Waals surface area contributed by atoms with Crippen LogP contribution in [0.25, 0.3) is 21.0 Å². The van der Waals surface area contributed by atoms with Crippen LogP contribution in [-0.2, 0) is 107 Å². The van der Waals surface area contributed by atoms with Crippen molar-refractivity contribution >= 4 is 144 Å². The van der Waals surface area contributed by atoms with Crippen LogP contribution >= 0.6 is 23.1 Å². The number of imidazole rings is 1. The monoisotopic (exact) mass is 1870 g/mol. The Balaban J connectivity index is 1.01. The van der Waals surface area contributed by atoms with Crippen molar-refractivity contribution in [2.75, 3.05) is 51.8 Å². The van der Waals surface area contributed by atoms with Gasteiger partial charge < -0.3 is 104 Å². The van der Waals surface area contributed by atoms with Crippen LogP contribution in [-0.4, -0.2) is 294 Å². The molecule has 3 aromatic carbocycles. The number of aromatic amines is 2. The number of hydrogen-bond acceptors (Lipinski definition) is 26. The molecule has 2 saturated heterocycles. The third kappa shape index (κ3) is 26.8. The number of rotatable bonds is 23. The van der Waals surface area contributed by atoms with Gasteiger partial charge in [-0.2, -0.15) is 0 Å². The van der Waals surface area contributed by atoms with Gasteiger partial charge in [-0.25, -0.2) is 9.67 Å². The summed E-state index contributed by atoms with van der Waals surface area (Å²) in [5, 5.41) is 79.5. The molecule has 18 N–H and O–H groups in total. The second-order valence-corrected chi connectivity index (χ2v) is 35.4. The van der Waals surface area contributed by atoms with Gasteiger partial charge in [-0.1, -0.05) is 88.1 Å². The Hall–Kier alpha value is -13.1. The first-order valence-electron chi connectivity index (χ1n) is 43.8. The lowest BCUT2D eigenvalue weighted by atomic mass is 9.91. The van der Waals surface area contributed by atoms with Gasteiger partial charge in [0.25, 0.3) is 0 Å². The standard InChI is InChI=1S/C88H115N21O21S2/c1-7-9-19-67-83(125)95-47(3)78(120)101-65(80(122)93-40-74(90)116)44-131-45-75(117)96-61(30-49-23-25-55(111)26-24-49)77-102-103-104-109(77)48(4)70(113)35-51(36-76(118)119)85(127)107-29-15-21-66(107)71(114)34-50(31-54-39-91-46-94-54)79(121)97-60(27-28-73(89)115)87(129)108-41-56(112)37-69(108)84(126)98-62(32-52-38-92-59-18-13-11-16-57(52)59)81(123)100-64(42-110)82(124)99-63(33-53-43-132-72-22-14-12-17-58(53)72)86(128)106(6)68(20-10-8-2)88(130)105(67)5/h11-14,16-18,22-26,38-39,43,46-48,50-51,56,60-69,92,110-112H,7-10,15,19-21,27-37,40-42,44-45H2,1-6H3,(H2,89,115)(H2,90,116)(H,91,94)(H,93,122)(H,95,125)(H,96,117)(H,97,121)(H,98,126)(H,99,124)(H,100,123)(H,101,120)(H,118,119)/t47-,48-,50+,51-,56+,60-,61-,62-,63-,64-,65-,66-,67-,68-,69-/m0/s1. The van der Waals surface area contributed by atoms with Crippen molar-refractivity contribution in [1.29, 1.82) is 0 Å². The molecular weight excluding hydrogens is 1750 g/mol. The molecule has 3 aliphatic rings. The first-order valence-corrected chi connectivity index (χ1v) is 45.9. The van der Waals surface area contributed by atoms with Gasteiger partial charge in [0, 0.05) is 112 Å². The lowest BCUT2D eigenvalue weighted by Gasteiger charge is -2.36. The number of carbonyl (C=O) groups is 17. The summed E-state index contributed by atoms with van der Waals surface area (Å²) in [6.45, 7) is 3.91. The van der Waals surface area contributed by atoms with E-state index in [0.29, 0.717) is 58.7 Å². The number of aliphatic hydroxyl groups excluding tert-OH is 2. The van der Waals surface area contributed by atoms with Gasteiger partial charge >= 0.3 is 5.97 Å². The summed E-state index contributed by atoms with van der Waals surface area (Å²) in [6, 6.07) is 1.89. The number of nitrogens with two attached hydrogens (primary N) is 2. The number of Topliss-reactive ketones (excluding diaryl/α,β-unsaturated/α-hetero) is 2. The highest BCUT2D eigenvalue weighted by Gasteiger charge is 2.47. The molecule has 4 aromatic heterocycles. The number of aromatic hydroxyl groups is 1. The number of hydrogen-bond donors (Lipinski definition) is 16. The van der Waals surface area contributed by atoms with Crippen molar-refractivity contribution in [2.24, 2.45) is 23.3 Å². The number of thioether (sulfide) groups is 1. The van der Waals surface area contributed by atoms with E-state index in [1.54, 1.807) is 41.9 Å². The molecule has 0 aliphatic carbocycles. The maximum Gasteiger partial charge on any atom is 0.304 e. The normalized spacial score (nSPS) is 24.9. The highest BCUT2D eigenvalue weighted by atomic mass is 32.2. The number of aromatic nitrogens is 7. The predicted octanol–water partition coefficient (Wildman–Crippen LogP) is -0.366. The molecule has 15 atom stereocenters. The van der Waals surface area contributed by atoms with Crippen LogP contribution in [0.3, 0.4) is 0 Å². The summed E-state index contributed by atoms with van der Waals surface area (Å²) in [5.41, 5.74) is 13.5. The minimum Gasteiger partial charge on any atom is -0.508 e. The molecule has 0 radical (unpaired) electrons. The van der Waals surface area contributed by atoms with Crippen LogP contribution in [0.2, 0.25) is 0 Å². The zero-order chi connectivity index (χ0) is 95.7. The average Bonchev–Trinajstić information content (AvgIpc) is 1.57. The maximum absolute atomic E-state index is 15.6. The fourth-order valence-electron chi connectivity index (χ4n) is 16.6. The fourth-order valence-corrected chi connectivity index (χ4v) is 18.4. The van der Waals surface area contributed by atoms with E-state index < -0.39 is 255 Å². The van der Waals surface area contributed by atoms with E-state index >= 15 is 33.6 Å². The third-order valence-electron chi connectivity index (χ3n) is 23.9. The van der Waals surface area contributed by atoms with Crippen LogP contribution in [0.5, 0.6) is 5.75 Å². The van der Waals surface area contributed by atoms with Gasteiger partial charge in [-0.15, -0.1) is 28.2 Å². The number of nitrogens with zero attached hydrogens (tertiary/aromatic N) is 9. The number of carboxylic acids is 1. The molecule has 42 nitrogen and oxygen atoms in total. The van der Waals surface area contributed by atoms with E-state index in [0.717, 1.165) is 40.7 Å². The average molecular weight is 1870 g/mol. The smallest absolute Gasteiger partial charge is 0.304 e. The Morgan fingerprint density at radius 1 is 0.621 bits per heavy atom. The van der Waals surface area contributed by atoms with Gasteiger partial charge in [-0.05, 0) is 108 Å². The molecule has 132 heavy (non-hydrogen) atoms. The second-order valence-electron chi connectivity index (χ2n) is 33.5. The molecule has 7 aromatic rings. The number of tetrazole rings is 1. The highest BCUT2D eigenvalue weighted by Crippen LogP contribution is 2.33. The van der Waals surface area contributed by atoms with Crippen LogP contribution in [0, 0.1) is 11.8 Å². The number of fused-ring (bicyclic) bond motifs is 5. The first-order chi connectivity index (χ1) is 63.1. The Bertz CT molecular complexity index is 5320. The number of likely N-dealkylation sites (N-methyl/N-ethyl adjacent to an activating group) is 2. The number of thiophene rings is 1. The van der Waals surface area contributed by atoms with Crippen molar-refractivity contribution in [3.63, 3.8) is 0 Å². The molecule has 710 valence electrons. The Labute approximate surface area is 767 Å². The summed E-state index contributed by atoms with van der Waals surface area (Å²) < 4.78 is 1.87. The summed E-state index contributed by atoms with van der Waals surface area (Å²) >= 11 is 2.17. The summed E-state index contributed by atoms with van der Waals surface area (Å²) in [4.78, 5) is 261. The largest absolute Gasteiger partial charge is 0.508 e. The van der Waals surface area contributed by atoms with Crippen molar-refractivity contribution < 1.29 is 102 Å². The van der Waals surface area contributed by atoms with Crippen LogP contribution < -0.4 is 54.0 Å². The number of carbonyl (C=O) groups excluding carboxylic acids is 16. The number of benzene rings is 3. The molecule has 0 bridgehead atoms. The number of amides is 14. The number of para-hydroxylation sites is 1. The molecule has 0 spiro atoms. The quantitative estimate of drug-likeness (QED) is 0.0389. The lowest BCUT2D eigenvalue weighted by Crippen LogP contribution is -2.61. The van der Waals surface area contributed by atoms with Gasteiger partial charge in [0.2, 0.25) is 82.7 Å². The number of H-pyrrole nitrogens is 2. The Morgan fingerprint density at radius 2 is 1.28 bits per heavy atom. The van der Waals surface area contributed by atoms with Crippen molar-refractivity contribution in [2.45, 2.75) is 222 Å². The Kier molecular flexibility index (Phi) is 36.5. The number of phenolic OH excluding ortho intramolecular Hbond substituents is 1. The predicted molar refractivity (Wildman–Crippen MR) is 479 cm³/mol. The van der Waals surface area contributed by atoms with Crippen LogP contribution in [0.4, 0.5) is 0 Å². The summed E-state index contributed by atoms with van der Waals surface area (Å²) in [6.07, 6.45) is 0.0633. The topological polar surface area (TPSA) is 620 Å². The lowest BCUT2D eigenvalue weighted by molar-refractivity contribution is -0.149. The fraction of sp³-hybridized carbons (Fsp3) is 0.511. The molecule has 10 rings (SSSR count). The number of primary amides is 2. The number of aliphatic carboxylic acids is 1. The summed E-state index contributed by atoms with van der Waals surface area (Å²) in [5.74, 6) is -20.1. The molecular formula is C88H115N21O21S2. The number of aliphatic hydroxyl groups is 2. The van der Waals surface area contributed by atoms with E-state index in [4.69, 9.17) is 11.5 Å². The molecule has 0 saturated carbocycles. The van der Waals surface area contributed by atoms with E-state index in [1.165, 1.54) is 76.1 Å². The molecule has 7 heterocycles. The maximum atomic E-state index is 15.6. The van der Waals surface area contributed by atoms with Gasteiger partial charge in [0.05, 0.1) is 67.4 Å². The van der Waals surface area contributed by atoms with Gasteiger partial charge in [0.15, 0.2) is 17.4 Å². The van der Waals surface area contributed by atoms with E-state index in [2.05, 4.69) is 73.0 Å². The van der Waals surface area contributed by atoms with Gasteiger partial charge in [-0.3, -0.25) is 81.5 Å². The van der Waals surface area contributed by atoms with E-state index in [9.17, 15) is 68.4 Å². The third-order valence-corrected chi connectivity index (χ3v) is 25.9. The van der Waals surface area contributed by atoms with Gasteiger partial charge in [0.1, 0.15) is 66.2 Å². The van der Waals surface area contributed by atoms with E-state index in [-0.39, 0.29) is 80.9 Å². The van der Waals surface area contributed by atoms with Crippen molar-refractivity contribution in [3.8, 4) is 5.75 Å². The number of unbranched alkanes of at least 4 members (excludes halogenated alkanes) is 2. The number of nitrogens with one attached hydrogen (secondary N) is 10. The minimum atomic E-state index is -1.90. The molecule has 3 aliphatic heterocycles. The first kappa shape index (κ1) is 101. The SMILES string of the molecule is CCCC[C@H]1C(=O)N(C)[C@@H](CCCC)C(=O)N[C@@H](C)C(=O)N[C@H](C(=O)NCC(N)=O)CSCC(=O)N[C@@H](Cc2ccc(O)cc2)c2nnnn2[C@@H](C)C(=O)C[C@@H](CC(=O)O)C(=O)N2CCC[C@H]2C(=O)C[C@@H](Cc2c[nH]cn2)C(=O)N[C@@H](CCC(N)=O)C(=O)N2C[C@H](O)C[C@H]2C(=O)N[C@@H](Cc2c[nH]c3ccccc23)C(=O)N[C@@H](CO)C(=O)N[C@@H](Cc2csc3ccccc23)C(=O)N1C. The zero-order valence-corrected chi connectivity index (χ0v) is 75.7. The van der Waals surface area contributed by atoms with Crippen molar-refractivity contribution in [1.82, 2.24) is 97.3 Å². The molecule has 2 fully saturated rings. The molecule has 44 heteroatoms. The Morgan fingerprint density at radius 3 is 1.97 bits per heavy atom. The van der Waals surface area contributed by atoms with Crippen LogP contribution in [0.1, 0.15) is 158 Å². The van der Waals surface area contributed by atoms with Crippen LogP contribution in [0.15, 0.2) is 96.9 Å². The van der Waals surface area contributed by atoms with Crippen molar-refractivity contribution in [3.05, 3.63) is 125 Å². The number of phenols is 1. The number of ketones is 2. The zero-order valence-electron chi connectivity index (χ0n) is 74.1. The minimum absolute atomic E-state index is 0.00900. The molecule has 0 unspecified atom stereocenters. The summed E-state index contributed by atoms with van der Waals surface area (Å²) in [7, 11) is 2.71. The second kappa shape index (κ2) is 47.6. The highest BCUT2D eigenvalue weighted by molar-refractivity contribution is 8.00. The molecule has 14 amide bonds. The number of carboxylic acid groups (broad SMARTS) is 1.